The van der Waals surface area contributed by atoms with Crippen molar-refractivity contribution in [3.8, 4) is 0 Å². The Morgan fingerprint density at radius 3 is 2.93 bits per heavy atom. The molecule has 14 heavy (non-hydrogen) atoms. The molecule has 0 aromatic heterocycles. The molecular weight excluding hydrogens is 248 g/mol. The van der Waals surface area contributed by atoms with Crippen molar-refractivity contribution in [3.05, 3.63) is 0 Å². The lowest BCUT2D eigenvalue weighted by Gasteiger charge is -2.25. The zero-order chi connectivity index (χ0) is 10.4. The summed E-state index contributed by atoms with van der Waals surface area (Å²) in [5, 5.41) is 0.990. The van der Waals surface area contributed by atoms with Gasteiger partial charge in [-0.2, -0.15) is 0 Å². The number of unbranched alkanes of at least 4 members (excludes halogenated alkanes) is 1. The third kappa shape index (κ3) is 3.38. The van der Waals surface area contributed by atoms with E-state index in [-0.39, 0.29) is 10.6 Å². The van der Waals surface area contributed by atoms with Crippen LogP contribution < -0.4 is 0 Å². The van der Waals surface area contributed by atoms with E-state index in [2.05, 4.69) is 20.9 Å². The molecule has 1 aliphatic heterocycles. The first-order chi connectivity index (χ1) is 6.68. The summed E-state index contributed by atoms with van der Waals surface area (Å²) in [6.07, 6.45) is 3.87. The van der Waals surface area contributed by atoms with Crippen molar-refractivity contribution in [1.29, 1.82) is 0 Å². The van der Waals surface area contributed by atoms with Gasteiger partial charge >= 0.3 is 5.97 Å². The summed E-state index contributed by atoms with van der Waals surface area (Å²) < 4.78 is 0.280. The smallest absolute Gasteiger partial charge is 0.271 e. The third-order valence-electron chi connectivity index (χ3n) is 2.13. The van der Waals surface area contributed by atoms with Crippen molar-refractivity contribution < 1.29 is 14.3 Å². The number of carbonyl (C=O) groups excluding carboxylic acids is 1. The molecule has 80 valence electrons. The van der Waals surface area contributed by atoms with Gasteiger partial charge in [0.05, 0.1) is 6.54 Å². The Morgan fingerprint density at radius 2 is 2.43 bits per heavy atom. The van der Waals surface area contributed by atoms with Gasteiger partial charge in [-0.3, -0.25) is 4.84 Å². The van der Waals surface area contributed by atoms with Crippen LogP contribution in [0, 0.1) is 0 Å². The van der Waals surface area contributed by atoms with Crippen molar-refractivity contribution >= 4 is 28.2 Å². The molecule has 1 unspecified atom stereocenters. The van der Waals surface area contributed by atoms with Crippen molar-refractivity contribution in [1.82, 2.24) is 0 Å². The van der Waals surface area contributed by atoms with E-state index in [0.717, 1.165) is 37.8 Å². The molecule has 4 nitrogen and oxygen atoms in total. The van der Waals surface area contributed by atoms with Crippen LogP contribution in [0.15, 0.2) is 4.99 Å². The van der Waals surface area contributed by atoms with Crippen molar-refractivity contribution in [2.24, 2.45) is 4.99 Å². The minimum Gasteiger partial charge on any atom is -0.271 e. The highest BCUT2D eigenvalue weighted by atomic mass is 79.9. The Morgan fingerprint density at radius 1 is 1.64 bits per heavy atom. The fourth-order valence-electron chi connectivity index (χ4n) is 1.51. The summed E-state index contributed by atoms with van der Waals surface area (Å²) in [4.78, 5) is 20.3. The summed E-state index contributed by atoms with van der Waals surface area (Å²) in [7, 11) is 0. The van der Waals surface area contributed by atoms with Gasteiger partial charge in [0.1, 0.15) is 13.1 Å². The van der Waals surface area contributed by atoms with Crippen molar-refractivity contribution in [2.75, 3.05) is 25.0 Å². The maximum atomic E-state index is 10.9. The number of aliphatic imine (C=N–C) groups is 1. The second kappa shape index (κ2) is 5.46. The molecule has 5 heteroatoms. The Hall–Kier alpha value is -0.420. The zero-order valence-corrected chi connectivity index (χ0v) is 9.99. The number of carbonyl (C=O) groups is 1. The summed E-state index contributed by atoms with van der Waals surface area (Å²) in [5.41, 5.74) is 0. The highest BCUT2D eigenvalue weighted by Gasteiger charge is 2.33. The van der Waals surface area contributed by atoms with Crippen LogP contribution in [0.5, 0.6) is 0 Å². The predicted molar refractivity (Wildman–Crippen MR) is 58.1 cm³/mol. The highest BCUT2D eigenvalue weighted by molar-refractivity contribution is 9.09. The summed E-state index contributed by atoms with van der Waals surface area (Å²) in [6, 6.07) is 0. The number of quaternary nitrogens is 1. The van der Waals surface area contributed by atoms with Gasteiger partial charge < -0.3 is 0 Å². The summed E-state index contributed by atoms with van der Waals surface area (Å²) in [6.45, 7) is 3.80. The monoisotopic (exact) mass is 263 g/mol. The molecule has 0 bridgehead atoms. The molecule has 1 aliphatic rings. The minimum atomic E-state index is -0.239. The maximum Gasteiger partial charge on any atom is 0.364 e. The highest BCUT2D eigenvalue weighted by Crippen LogP contribution is 2.13. The predicted octanol–water partition coefficient (Wildman–Crippen LogP) is 1.50. The number of nitrogens with zero attached hydrogens (tertiary/aromatic N) is 2. The zero-order valence-electron chi connectivity index (χ0n) is 8.41. The normalized spacial score (nSPS) is 25.3. The van der Waals surface area contributed by atoms with E-state index >= 15 is 0 Å². The van der Waals surface area contributed by atoms with Crippen LogP contribution >= 0.6 is 15.9 Å². The van der Waals surface area contributed by atoms with E-state index in [4.69, 9.17) is 4.84 Å². The largest absolute Gasteiger partial charge is 0.364 e. The molecule has 1 heterocycles. The average Bonchev–Trinajstić information content (AvgIpc) is 2.53. The lowest BCUT2D eigenvalue weighted by Crippen LogP contribution is -2.47. The Kier molecular flexibility index (Phi) is 4.54. The molecule has 0 amide bonds. The Labute approximate surface area is 92.6 Å². The molecule has 0 N–H and O–H groups in total. The minimum absolute atomic E-state index is 0.239. The van der Waals surface area contributed by atoms with E-state index in [9.17, 15) is 4.79 Å². The molecule has 0 saturated heterocycles. The van der Waals surface area contributed by atoms with Gasteiger partial charge in [-0.25, -0.2) is 9.79 Å². The van der Waals surface area contributed by atoms with Crippen LogP contribution in [-0.4, -0.2) is 41.9 Å². The number of hydrogen-bond acceptors (Lipinski definition) is 3. The molecule has 0 aromatic carbocycles. The molecule has 0 aromatic rings. The van der Waals surface area contributed by atoms with Crippen molar-refractivity contribution in [2.45, 2.75) is 19.8 Å². The van der Waals surface area contributed by atoms with Crippen LogP contribution in [0.2, 0.25) is 0 Å². The average molecular weight is 264 g/mol. The summed E-state index contributed by atoms with van der Waals surface area (Å²) in [5.74, 6) is -0.239. The molecule has 0 fully saturated rings. The van der Waals surface area contributed by atoms with E-state index in [1.54, 1.807) is 6.34 Å². The van der Waals surface area contributed by atoms with E-state index < -0.39 is 0 Å². The molecule has 1 atom stereocenters. The number of hydrogen-bond donors (Lipinski definition) is 0. The fourth-order valence-corrected chi connectivity index (χ4v) is 1.90. The molecule has 0 spiro atoms. The number of alkyl halides is 1. The van der Waals surface area contributed by atoms with E-state index in [1.165, 1.54) is 6.92 Å². The van der Waals surface area contributed by atoms with Crippen LogP contribution in [0.25, 0.3) is 0 Å². The van der Waals surface area contributed by atoms with Crippen LogP contribution in [0.3, 0.4) is 0 Å². The first kappa shape index (κ1) is 11.7. The number of hydroxylamine groups is 3. The topological polar surface area (TPSA) is 38.7 Å². The first-order valence-electron chi connectivity index (χ1n) is 4.82. The molecule has 0 aliphatic carbocycles. The van der Waals surface area contributed by atoms with Gasteiger partial charge in [-0.05, 0) is 6.42 Å². The lowest BCUT2D eigenvalue weighted by atomic mass is 10.3. The van der Waals surface area contributed by atoms with Gasteiger partial charge in [0.15, 0.2) is 0 Å². The van der Waals surface area contributed by atoms with Gasteiger partial charge in [0.25, 0.3) is 0 Å². The standard InChI is InChI=1S/C9H16BrN2O2/c1-9(13)14-12(6-3-2-4-10)7-5-11-8-12/h8H,2-7H2,1H3/q+1. The molecule has 0 saturated carbocycles. The quantitative estimate of drug-likeness (QED) is 0.429. The fraction of sp³-hybridized carbons (Fsp3) is 0.778. The Bertz CT molecular complexity index is 233. The van der Waals surface area contributed by atoms with Gasteiger partial charge in [-0.1, -0.05) is 20.6 Å². The molecule has 0 radical (unpaired) electrons. The van der Waals surface area contributed by atoms with Gasteiger partial charge in [-0.15, -0.1) is 0 Å². The third-order valence-corrected chi connectivity index (χ3v) is 2.69. The second-order valence-corrected chi connectivity index (χ2v) is 4.19. The van der Waals surface area contributed by atoms with Gasteiger partial charge in [0, 0.05) is 18.7 Å². The van der Waals surface area contributed by atoms with Gasteiger partial charge in [0.2, 0.25) is 6.34 Å². The van der Waals surface area contributed by atoms with E-state index in [1.807, 2.05) is 0 Å². The van der Waals surface area contributed by atoms with E-state index in [0.29, 0.717) is 0 Å². The van der Waals surface area contributed by atoms with Crippen molar-refractivity contribution in [3.63, 3.8) is 0 Å². The summed E-state index contributed by atoms with van der Waals surface area (Å²) >= 11 is 3.38. The number of halogens is 1. The SMILES string of the molecule is CC(=O)O[N+]1(CCCCBr)C=NCC1. The number of rotatable bonds is 5. The second-order valence-electron chi connectivity index (χ2n) is 3.40. The van der Waals surface area contributed by atoms with Crippen LogP contribution in [-0.2, 0) is 9.63 Å². The Balaban J connectivity index is 2.45. The lowest BCUT2D eigenvalue weighted by molar-refractivity contribution is -1.01. The molecule has 1 rings (SSSR count). The first-order valence-corrected chi connectivity index (χ1v) is 5.94. The van der Waals surface area contributed by atoms with Crippen LogP contribution in [0.4, 0.5) is 0 Å². The van der Waals surface area contributed by atoms with Crippen LogP contribution in [0.1, 0.15) is 19.8 Å². The molecular formula is C9H16BrN2O2+. The maximum absolute atomic E-state index is 10.9.